The van der Waals surface area contributed by atoms with Crippen molar-refractivity contribution >= 4 is 40.7 Å². The van der Waals surface area contributed by atoms with Crippen LogP contribution in [-0.2, 0) is 29.0 Å². The van der Waals surface area contributed by atoms with E-state index in [0.29, 0.717) is 31.2 Å². The molecule has 3 aromatic rings. The number of piperazine rings is 1. The van der Waals surface area contributed by atoms with Gasteiger partial charge in [-0.15, -0.1) is 0 Å². The van der Waals surface area contributed by atoms with Gasteiger partial charge in [-0.25, -0.2) is 0 Å². The minimum Gasteiger partial charge on any atom is -0.380 e. The van der Waals surface area contributed by atoms with Crippen LogP contribution in [0, 0.1) is 0 Å². The number of carbonyl (C=O) groups is 2. The average Bonchev–Trinajstić information content (AvgIpc) is 2.95. The molecule has 0 bridgehead atoms. The van der Waals surface area contributed by atoms with Gasteiger partial charge in [0.25, 0.3) is 11.8 Å². The predicted octanol–water partition coefficient (Wildman–Crippen LogP) is 3.47. The Bertz CT molecular complexity index is 1230. The second-order valence-corrected chi connectivity index (χ2v) is 10.2. The van der Waals surface area contributed by atoms with Crippen molar-refractivity contribution in [1.29, 1.82) is 0 Å². The molecule has 2 atom stereocenters. The quantitative estimate of drug-likeness (QED) is 0.376. The Morgan fingerprint density at radius 2 is 1.32 bits per heavy atom. The van der Waals surface area contributed by atoms with Crippen LogP contribution in [0.4, 0.5) is 5.69 Å². The van der Waals surface area contributed by atoms with Crippen molar-refractivity contribution in [2.45, 2.75) is 31.6 Å². The van der Waals surface area contributed by atoms with Gasteiger partial charge in [0.15, 0.2) is 12.2 Å². The molecule has 4 rings (SSSR count). The number of benzene rings is 3. The second-order valence-electron chi connectivity index (χ2n) is 9.31. The summed E-state index contributed by atoms with van der Waals surface area (Å²) in [5.41, 5.74) is 4.09. The van der Waals surface area contributed by atoms with E-state index in [0.717, 1.165) is 34.7 Å². The molecule has 1 saturated heterocycles. The van der Waals surface area contributed by atoms with Gasteiger partial charge >= 0.3 is 0 Å². The monoisotopic (exact) mass is 555 g/mol. The lowest BCUT2D eigenvalue weighted by molar-refractivity contribution is -0.153. The maximum atomic E-state index is 12.7. The van der Waals surface area contributed by atoms with Crippen LogP contribution in [0.1, 0.15) is 16.7 Å². The Balaban J connectivity index is 1.21. The minimum absolute atomic E-state index is 0.171. The van der Waals surface area contributed by atoms with Crippen LogP contribution in [0.3, 0.4) is 0 Å². The van der Waals surface area contributed by atoms with Gasteiger partial charge in [0.1, 0.15) is 0 Å². The summed E-state index contributed by atoms with van der Waals surface area (Å²) in [5, 5.41) is 24.7. The summed E-state index contributed by atoms with van der Waals surface area (Å²) in [7, 11) is 0. The summed E-state index contributed by atoms with van der Waals surface area (Å²) >= 11 is 12.2. The number of carbonyl (C=O) groups excluding carboxylic acids is 2. The Kier molecular flexibility index (Phi) is 9.63. The summed E-state index contributed by atoms with van der Waals surface area (Å²) < 4.78 is 0. The maximum Gasteiger partial charge on any atom is 0.254 e. The third-order valence-electron chi connectivity index (χ3n) is 6.71. The number of nitrogens with zero attached hydrogens (tertiary/aromatic N) is 2. The van der Waals surface area contributed by atoms with Crippen molar-refractivity contribution in [3.63, 3.8) is 0 Å². The Labute approximate surface area is 232 Å². The molecule has 9 heteroatoms. The van der Waals surface area contributed by atoms with E-state index in [9.17, 15) is 19.8 Å². The van der Waals surface area contributed by atoms with Gasteiger partial charge in [0.05, 0.1) is 10.7 Å². The third-order valence-corrected chi connectivity index (χ3v) is 7.28. The predicted molar refractivity (Wildman–Crippen MR) is 149 cm³/mol. The van der Waals surface area contributed by atoms with Crippen LogP contribution in [0.5, 0.6) is 0 Å². The molecule has 2 amide bonds. The number of amides is 2. The fourth-order valence-corrected chi connectivity index (χ4v) is 4.78. The van der Waals surface area contributed by atoms with Crippen molar-refractivity contribution in [3.05, 3.63) is 99.5 Å². The van der Waals surface area contributed by atoms with Crippen LogP contribution in [0.25, 0.3) is 0 Å². The maximum absolute atomic E-state index is 12.7. The lowest BCUT2D eigenvalue weighted by Gasteiger charge is -2.37. The normalized spacial score (nSPS) is 15.2. The van der Waals surface area contributed by atoms with Gasteiger partial charge < -0.3 is 25.3 Å². The molecule has 1 heterocycles. The summed E-state index contributed by atoms with van der Waals surface area (Å²) in [6.45, 7) is 1.92. The highest BCUT2D eigenvalue weighted by atomic mass is 35.5. The van der Waals surface area contributed by atoms with Crippen molar-refractivity contribution in [2.24, 2.45) is 0 Å². The lowest BCUT2D eigenvalue weighted by atomic mass is 10.0. The number of aryl methyl sites for hydroxylation is 2. The van der Waals surface area contributed by atoms with Crippen LogP contribution in [-0.4, -0.2) is 65.3 Å². The number of halogens is 2. The molecule has 1 aliphatic heterocycles. The standard InChI is InChI=1S/C29H31Cl2N3O4/c30-23-13-11-21(12-14-23)6-5-20-7-9-22(10-8-20)19-32-28(37)26(35)27(36)29(38)34-17-15-33(16-18-34)25-4-2-1-3-24(25)31/h1-4,7-14,26-27,35-36H,5-6,15-19H2,(H,32,37)/t26-,27-/m1/s1. The van der Waals surface area contributed by atoms with E-state index in [1.165, 1.54) is 10.5 Å². The highest BCUT2D eigenvalue weighted by Gasteiger charge is 2.34. The zero-order valence-electron chi connectivity index (χ0n) is 20.9. The molecule has 200 valence electrons. The van der Waals surface area contributed by atoms with Crippen LogP contribution in [0.2, 0.25) is 10.0 Å². The minimum atomic E-state index is -1.86. The SMILES string of the molecule is O=C(NCc1ccc(CCc2ccc(Cl)cc2)cc1)[C@H](O)[C@@H](O)C(=O)N1CCN(c2ccccc2Cl)CC1. The van der Waals surface area contributed by atoms with E-state index in [2.05, 4.69) is 10.2 Å². The Hall–Kier alpha value is -3.10. The molecule has 0 saturated carbocycles. The molecular formula is C29H31Cl2N3O4. The third kappa shape index (κ3) is 7.26. The van der Waals surface area contributed by atoms with Gasteiger partial charge in [-0.1, -0.05) is 71.7 Å². The largest absolute Gasteiger partial charge is 0.380 e. The summed E-state index contributed by atoms with van der Waals surface area (Å²) in [5.74, 6) is -1.47. The van der Waals surface area contributed by atoms with Crippen molar-refractivity contribution < 1.29 is 19.8 Å². The Morgan fingerprint density at radius 1 is 0.763 bits per heavy atom. The van der Waals surface area contributed by atoms with Gasteiger partial charge in [-0.05, 0) is 53.8 Å². The molecule has 3 N–H and O–H groups in total. The first-order valence-corrected chi connectivity index (χ1v) is 13.3. The summed E-state index contributed by atoms with van der Waals surface area (Å²) in [6.07, 6.45) is -1.94. The second kappa shape index (κ2) is 13.1. The number of para-hydroxylation sites is 1. The molecule has 0 unspecified atom stereocenters. The van der Waals surface area contributed by atoms with Crippen molar-refractivity contribution in [1.82, 2.24) is 10.2 Å². The van der Waals surface area contributed by atoms with Crippen molar-refractivity contribution in [2.75, 3.05) is 31.1 Å². The summed E-state index contributed by atoms with van der Waals surface area (Å²) in [6, 6.07) is 23.1. The van der Waals surface area contributed by atoms with Crippen LogP contribution < -0.4 is 10.2 Å². The fraction of sp³-hybridized carbons (Fsp3) is 0.310. The first-order chi connectivity index (χ1) is 18.3. The molecule has 0 aromatic heterocycles. The van der Waals surface area contributed by atoms with Gasteiger partial charge in [-0.2, -0.15) is 0 Å². The molecule has 7 nitrogen and oxygen atoms in total. The molecule has 3 aromatic carbocycles. The summed E-state index contributed by atoms with van der Waals surface area (Å²) in [4.78, 5) is 28.7. The highest BCUT2D eigenvalue weighted by molar-refractivity contribution is 6.33. The van der Waals surface area contributed by atoms with Gasteiger partial charge in [0.2, 0.25) is 0 Å². The number of rotatable bonds is 9. The van der Waals surface area contributed by atoms with E-state index in [4.69, 9.17) is 23.2 Å². The topological polar surface area (TPSA) is 93.1 Å². The number of aliphatic hydroxyl groups excluding tert-OH is 2. The van der Waals surface area contributed by atoms with E-state index in [1.54, 1.807) is 0 Å². The number of anilines is 1. The number of nitrogens with one attached hydrogen (secondary N) is 1. The van der Waals surface area contributed by atoms with Crippen LogP contribution >= 0.6 is 23.2 Å². The Morgan fingerprint density at radius 3 is 1.92 bits per heavy atom. The van der Waals surface area contributed by atoms with E-state index >= 15 is 0 Å². The van der Waals surface area contributed by atoms with Gasteiger partial charge in [-0.3, -0.25) is 9.59 Å². The highest BCUT2D eigenvalue weighted by Crippen LogP contribution is 2.26. The first kappa shape index (κ1) is 27.9. The first-order valence-electron chi connectivity index (χ1n) is 12.6. The molecule has 0 aliphatic carbocycles. The van der Waals surface area contributed by atoms with Crippen molar-refractivity contribution in [3.8, 4) is 0 Å². The zero-order chi connectivity index (χ0) is 27.1. The average molecular weight is 556 g/mol. The smallest absolute Gasteiger partial charge is 0.254 e. The number of hydrogen-bond acceptors (Lipinski definition) is 5. The zero-order valence-corrected chi connectivity index (χ0v) is 22.4. The van der Waals surface area contributed by atoms with E-state index in [-0.39, 0.29) is 6.54 Å². The van der Waals surface area contributed by atoms with E-state index in [1.807, 2.05) is 72.8 Å². The molecule has 1 fully saturated rings. The van der Waals surface area contributed by atoms with Gasteiger partial charge in [0, 0.05) is 37.7 Å². The molecule has 38 heavy (non-hydrogen) atoms. The molecule has 0 spiro atoms. The van der Waals surface area contributed by atoms with Crippen LogP contribution in [0.15, 0.2) is 72.8 Å². The number of aliphatic hydroxyl groups is 2. The number of hydrogen-bond donors (Lipinski definition) is 3. The fourth-order valence-electron chi connectivity index (χ4n) is 4.40. The molecule has 1 aliphatic rings. The van der Waals surface area contributed by atoms with E-state index < -0.39 is 24.0 Å². The molecular weight excluding hydrogens is 525 g/mol. The lowest BCUT2D eigenvalue weighted by Crippen LogP contribution is -2.55. The molecule has 0 radical (unpaired) electrons.